The minimum atomic E-state index is -2.83. The molecule has 0 aromatic carbocycles. The van der Waals surface area contributed by atoms with Gasteiger partial charge < -0.3 is 5.32 Å². The number of sulfone groups is 1. The van der Waals surface area contributed by atoms with Crippen molar-refractivity contribution in [2.24, 2.45) is 11.3 Å². The van der Waals surface area contributed by atoms with Gasteiger partial charge in [-0.25, -0.2) is 8.42 Å². The van der Waals surface area contributed by atoms with Crippen LogP contribution in [0.3, 0.4) is 0 Å². The first-order chi connectivity index (χ1) is 8.74. The molecule has 1 N–H and O–H groups in total. The van der Waals surface area contributed by atoms with Gasteiger partial charge in [0.2, 0.25) is 0 Å². The van der Waals surface area contributed by atoms with Crippen LogP contribution in [0.4, 0.5) is 0 Å². The van der Waals surface area contributed by atoms with Crippen LogP contribution in [-0.4, -0.2) is 32.5 Å². The van der Waals surface area contributed by atoms with E-state index >= 15 is 0 Å². The van der Waals surface area contributed by atoms with Crippen molar-refractivity contribution in [3.05, 3.63) is 0 Å². The Morgan fingerprint density at radius 2 is 1.79 bits per heavy atom. The lowest BCUT2D eigenvalue weighted by Gasteiger charge is -2.29. The second-order valence-corrected chi connectivity index (χ2v) is 9.43. The number of hydrogen-bond donors (Lipinski definition) is 1. The van der Waals surface area contributed by atoms with Crippen LogP contribution in [0.5, 0.6) is 0 Å². The van der Waals surface area contributed by atoms with Gasteiger partial charge in [0.05, 0.1) is 5.75 Å². The zero-order chi connectivity index (χ0) is 14.5. The van der Waals surface area contributed by atoms with Crippen LogP contribution in [0.1, 0.15) is 59.8 Å². The van der Waals surface area contributed by atoms with Gasteiger partial charge in [0, 0.05) is 18.3 Å². The van der Waals surface area contributed by atoms with Gasteiger partial charge in [-0.2, -0.15) is 0 Å². The van der Waals surface area contributed by atoms with Gasteiger partial charge >= 0.3 is 0 Å². The molecule has 1 rings (SSSR count). The molecule has 114 valence electrons. The van der Waals surface area contributed by atoms with E-state index in [1.54, 1.807) is 6.92 Å². The van der Waals surface area contributed by atoms with E-state index in [9.17, 15) is 8.42 Å². The minimum absolute atomic E-state index is 0.255. The summed E-state index contributed by atoms with van der Waals surface area (Å²) in [5.41, 5.74) is 0.403. The molecule has 0 heterocycles. The third kappa shape index (κ3) is 6.26. The first kappa shape index (κ1) is 17.0. The van der Waals surface area contributed by atoms with Gasteiger partial charge in [-0.05, 0) is 37.0 Å². The average molecular weight is 289 g/mol. The zero-order valence-electron chi connectivity index (χ0n) is 13.0. The average Bonchev–Trinajstić information content (AvgIpc) is 2.54. The van der Waals surface area contributed by atoms with Crippen molar-refractivity contribution >= 4 is 9.84 Å². The maximum Gasteiger partial charge on any atom is 0.151 e. The van der Waals surface area contributed by atoms with Crippen molar-refractivity contribution in [1.29, 1.82) is 0 Å². The van der Waals surface area contributed by atoms with Gasteiger partial charge in [0.15, 0.2) is 9.84 Å². The molecule has 0 aromatic heterocycles. The molecule has 0 spiro atoms. The molecule has 0 amide bonds. The summed E-state index contributed by atoms with van der Waals surface area (Å²) in [6, 6.07) is 0.513. The molecule has 0 aliphatic heterocycles. The predicted octanol–water partition coefficient (Wildman–Crippen LogP) is 3.01. The standard InChI is InChI=1S/C15H31NO2S/c1-5-19(17,18)12-11-16-14-8-6-7-13(9-10-14)15(2,3)4/h13-14,16H,5-12H2,1-4H3. The molecule has 0 bridgehead atoms. The van der Waals surface area contributed by atoms with Crippen LogP contribution in [0.25, 0.3) is 0 Å². The van der Waals surface area contributed by atoms with Crippen LogP contribution < -0.4 is 5.32 Å². The first-order valence-corrected chi connectivity index (χ1v) is 9.50. The number of hydrogen-bond acceptors (Lipinski definition) is 3. The molecule has 0 saturated heterocycles. The monoisotopic (exact) mass is 289 g/mol. The summed E-state index contributed by atoms with van der Waals surface area (Å²) in [7, 11) is -2.83. The number of rotatable bonds is 5. The molecular weight excluding hydrogens is 258 g/mol. The normalized spacial score (nSPS) is 26.1. The Morgan fingerprint density at radius 1 is 1.11 bits per heavy atom. The lowest BCUT2D eigenvalue weighted by atomic mass is 9.76. The van der Waals surface area contributed by atoms with E-state index < -0.39 is 9.84 Å². The Labute approximate surface area is 119 Å². The summed E-state index contributed by atoms with van der Waals surface area (Å²) in [5, 5.41) is 3.44. The summed E-state index contributed by atoms with van der Waals surface area (Å²) in [6.07, 6.45) is 6.23. The lowest BCUT2D eigenvalue weighted by Crippen LogP contribution is -2.33. The van der Waals surface area contributed by atoms with Gasteiger partial charge in [0.1, 0.15) is 0 Å². The van der Waals surface area contributed by atoms with E-state index in [0.717, 1.165) is 5.92 Å². The molecule has 2 unspecified atom stereocenters. The lowest BCUT2D eigenvalue weighted by molar-refractivity contribution is 0.213. The second-order valence-electron chi connectivity index (χ2n) is 6.96. The Kier molecular flexibility index (Phi) is 6.31. The second kappa shape index (κ2) is 7.07. The van der Waals surface area contributed by atoms with E-state index in [2.05, 4.69) is 26.1 Å². The van der Waals surface area contributed by atoms with E-state index in [0.29, 0.717) is 18.0 Å². The molecular formula is C15H31NO2S. The highest BCUT2D eigenvalue weighted by Gasteiger charge is 2.27. The summed E-state index contributed by atoms with van der Waals surface area (Å²) in [6.45, 7) is 9.33. The highest BCUT2D eigenvalue weighted by molar-refractivity contribution is 7.91. The molecule has 1 aliphatic rings. The SMILES string of the molecule is CCS(=O)(=O)CCNC1CCCC(C(C)(C)C)CC1. The Bertz CT molecular complexity index is 357. The fourth-order valence-corrected chi connectivity index (χ4v) is 3.65. The number of nitrogens with one attached hydrogen (secondary N) is 1. The van der Waals surface area contributed by atoms with Crippen LogP contribution in [-0.2, 0) is 9.84 Å². The van der Waals surface area contributed by atoms with Crippen molar-refractivity contribution in [1.82, 2.24) is 5.32 Å². The van der Waals surface area contributed by atoms with Gasteiger partial charge in [-0.3, -0.25) is 0 Å². The maximum absolute atomic E-state index is 11.5. The molecule has 0 radical (unpaired) electrons. The molecule has 3 nitrogen and oxygen atoms in total. The topological polar surface area (TPSA) is 46.2 Å². The molecule has 2 atom stereocenters. The largest absolute Gasteiger partial charge is 0.313 e. The van der Waals surface area contributed by atoms with Gasteiger partial charge in [0.25, 0.3) is 0 Å². The Hall–Kier alpha value is -0.0900. The summed E-state index contributed by atoms with van der Waals surface area (Å²) in [4.78, 5) is 0. The molecule has 4 heteroatoms. The Morgan fingerprint density at radius 3 is 2.37 bits per heavy atom. The smallest absolute Gasteiger partial charge is 0.151 e. The quantitative estimate of drug-likeness (QED) is 0.791. The van der Waals surface area contributed by atoms with E-state index in [1.807, 2.05) is 0 Å². The summed E-state index contributed by atoms with van der Waals surface area (Å²) in [5.74, 6) is 1.34. The molecule has 19 heavy (non-hydrogen) atoms. The highest BCUT2D eigenvalue weighted by atomic mass is 32.2. The third-order valence-corrected chi connectivity index (χ3v) is 6.19. The summed E-state index contributed by atoms with van der Waals surface area (Å²) >= 11 is 0. The van der Waals surface area contributed by atoms with Crippen molar-refractivity contribution < 1.29 is 8.42 Å². The van der Waals surface area contributed by atoms with Crippen molar-refractivity contribution in [2.75, 3.05) is 18.1 Å². The molecule has 0 aromatic rings. The van der Waals surface area contributed by atoms with Crippen molar-refractivity contribution in [3.63, 3.8) is 0 Å². The first-order valence-electron chi connectivity index (χ1n) is 7.68. The fourth-order valence-electron chi connectivity index (χ4n) is 2.93. The maximum atomic E-state index is 11.5. The molecule has 1 fully saturated rings. The van der Waals surface area contributed by atoms with Gasteiger partial charge in [-0.1, -0.05) is 34.1 Å². The van der Waals surface area contributed by atoms with Crippen LogP contribution in [0, 0.1) is 11.3 Å². The molecule has 1 saturated carbocycles. The van der Waals surface area contributed by atoms with E-state index in [4.69, 9.17) is 0 Å². The van der Waals surface area contributed by atoms with Crippen LogP contribution in [0.2, 0.25) is 0 Å². The minimum Gasteiger partial charge on any atom is -0.313 e. The van der Waals surface area contributed by atoms with Crippen LogP contribution >= 0.6 is 0 Å². The van der Waals surface area contributed by atoms with Gasteiger partial charge in [-0.15, -0.1) is 0 Å². The van der Waals surface area contributed by atoms with Crippen molar-refractivity contribution in [3.8, 4) is 0 Å². The van der Waals surface area contributed by atoms with E-state index in [-0.39, 0.29) is 11.5 Å². The van der Waals surface area contributed by atoms with Crippen LogP contribution in [0.15, 0.2) is 0 Å². The summed E-state index contributed by atoms with van der Waals surface area (Å²) < 4.78 is 22.9. The van der Waals surface area contributed by atoms with Crippen molar-refractivity contribution in [2.45, 2.75) is 65.8 Å². The van der Waals surface area contributed by atoms with E-state index in [1.165, 1.54) is 32.1 Å². The third-order valence-electron chi connectivity index (χ3n) is 4.48. The molecule has 1 aliphatic carbocycles. The Balaban J connectivity index is 2.34. The highest BCUT2D eigenvalue weighted by Crippen LogP contribution is 2.36. The zero-order valence-corrected chi connectivity index (χ0v) is 13.9. The fraction of sp³-hybridized carbons (Fsp3) is 1.00. The predicted molar refractivity (Wildman–Crippen MR) is 82.1 cm³/mol.